The molecule has 0 radical (unpaired) electrons. The Bertz CT molecular complexity index is 3190. The Morgan fingerprint density at radius 3 is 1.95 bits per heavy atom. The predicted molar refractivity (Wildman–Crippen MR) is 305 cm³/mol. The zero-order chi connectivity index (χ0) is 62.7. The quantitative estimate of drug-likeness (QED) is 0.0325. The summed E-state index contributed by atoms with van der Waals surface area (Å²) in [7, 11) is 0. The normalized spacial score (nSPS) is 26.8. The van der Waals surface area contributed by atoms with Crippen LogP contribution in [0.5, 0.6) is 23.0 Å². The largest absolute Gasteiger partial charge is 0.482 e. The Balaban J connectivity index is 1.35. The lowest BCUT2D eigenvalue weighted by molar-refractivity contribution is -0.288. The molecule has 21 nitrogen and oxygen atoms in total. The number of Topliss-reactive ketones (excluding diaryl/α,β-unsaturated/α-hetero) is 2. The lowest BCUT2D eigenvalue weighted by Crippen LogP contribution is -2.68. The number of ether oxygens (including phenoxy) is 11. The topological polar surface area (TPSA) is 267 Å². The van der Waals surface area contributed by atoms with Gasteiger partial charge >= 0.3 is 35.8 Å². The van der Waals surface area contributed by atoms with Crippen molar-refractivity contribution in [3.8, 4) is 23.0 Å². The van der Waals surface area contributed by atoms with Gasteiger partial charge in [-0.1, -0.05) is 49.3 Å². The number of hydrogen-bond donors (Lipinski definition) is 1. The van der Waals surface area contributed by atoms with Crippen molar-refractivity contribution in [3.05, 3.63) is 99.2 Å². The van der Waals surface area contributed by atoms with E-state index in [2.05, 4.69) is 11.4 Å². The van der Waals surface area contributed by atoms with E-state index in [9.17, 15) is 33.6 Å². The van der Waals surface area contributed by atoms with Crippen LogP contribution >= 0.6 is 0 Å². The highest BCUT2D eigenvalue weighted by molar-refractivity contribution is 6.19. The molecule has 0 bridgehead atoms. The molecule has 5 unspecified atom stereocenters. The Morgan fingerprint density at radius 2 is 1.34 bits per heavy atom. The molecule has 458 valence electrons. The number of ketones is 2. The molecule has 10 atom stereocenters. The van der Waals surface area contributed by atoms with Crippen LogP contribution in [0.1, 0.15) is 155 Å². The molecule has 2 aromatic rings. The van der Waals surface area contributed by atoms with E-state index >= 15 is 9.59 Å². The molecule has 7 rings (SSSR count). The third-order valence-electron chi connectivity index (χ3n) is 15.6. The van der Waals surface area contributed by atoms with Crippen molar-refractivity contribution in [2.24, 2.45) is 11.8 Å². The first-order valence-corrected chi connectivity index (χ1v) is 28.3. The Morgan fingerprint density at radius 1 is 0.718 bits per heavy atom. The van der Waals surface area contributed by atoms with Gasteiger partial charge in [-0.05, 0) is 111 Å². The molecule has 4 aliphatic heterocycles. The van der Waals surface area contributed by atoms with Crippen molar-refractivity contribution in [1.29, 1.82) is 0 Å². The second-order valence-electron chi connectivity index (χ2n) is 23.2. The molecule has 1 amide bonds. The minimum atomic E-state index is -1.90. The van der Waals surface area contributed by atoms with Crippen LogP contribution in [0.3, 0.4) is 0 Å². The molecule has 2 saturated heterocycles. The van der Waals surface area contributed by atoms with Crippen LogP contribution in [0.25, 0.3) is 6.08 Å². The van der Waals surface area contributed by atoms with E-state index < -0.39 is 119 Å². The fourth-order valence-corrected chi connectivity index (χ4v) is 11.4. The fourth-order valence-electron chi connectivity index (χ4n) is 11.4. The lowest BCUT2D eigenvalue weighted by atomic mass is 9.58. The maximum Gasteiger partial charge on any atom is 0.343 e. The van der Waals surface area contributed by atoms with Crippen molar-refractivity contribution in [2.75, 3.05) is 19.8 Å². The molecule has 1 aliphatic carbocycles. The second kappa shape index (κ2) is 25.7. The first kappa shape index (κ1) is 64.6. The summed E-state index contributed by atoms with van der Waals surface area (Å²) >= 11 is 0. The second-order valence-corrected chi connectivity index (χ2v) is 23.2. The summed E-state index contributed by atoms with van der Waals surface area (Å²) < 4.78 is 67.2. The number of hydrogen-bond acceptors (Lipinski definition) is 20. The Kier molecular flexibility index (Phi) is 19.6. The van der Waals surface area contributed by atoms with Gasteiger partial charge in [-0.3, -0.25) is 38.4 Å². The predicted octanol–water partition coefficient (Wildman–Crippen LogP) is 8.45. The summed E-state index contributed by atoms with van der Waals surface area (Å²) in [6, 6.07) is 5.50. The highest BCUT2D eigenvalue weighted by Gasteiger charge is 2.77. The summed E-state index contributed by atoms with van der Waals surface area (Å²) in [4.78, 5) is 120. The minimum Gasteiger partial charge on any atom is -0.482 e. The molecule has 1 N–H and O–H groups in total. The molecule has 5 aliphatic rings. The summed E-state index contributed by atoms with van der Waals surface area (Å²) in [6.45, 7) is 23.7. The van der Waals surface area contributed by atoms with E-state index in [1.54, 1.807) is 32.1 Å². The number of carbonyl (C=O) groups is 9. The first-order chi connectivity index (χ1) is 39.8. The van der Waals surface area contributed by atoms with Gasteiger partial charge < -0.3 is 57.4 Å². The van der Waals surface area contributed by atoms with Gasteiger partial charge in [0.1, 0.15) is 47.7 Å². The van der Waals surface area contributed by atoms with Gasteiger partial charge in [-0.15, -0.1) is 0 Å². The summed E-state index contributed by atoms with van der Waals surface area (Å²) in [5, 5.41) is 2.73. The van der Waals surface area contributed by atoms with Gasteiger partial charge in [-0.2, -0.15) is 0 Å². The first-order valence-electron chi connectivity index (χ1n) is 28.3. The van der Waals surface area contributed by atoms with E-state index in [1.807, 2.05) is 67.5 Å². The number of fused-ring (bicyclic) bond motifs is 2. The third-order valence-corrected chi connectivity index (χ3v) is 15.6. The van der Waals surface area contributed by atoms with Gasteiger partial charge in [0, 0.05) is 69.6 Å². The lowest BCUT2D eigenvalue weighted by Gasteiger charge is -2.52. The maximum atomic E-state index is 16.2. The average Bonchev–Trinajstić information content (AvgIpc) is 1.60. The van der Waals surface area contributed by atoms with E-state index in [0.717, 1.165) is 38.8 Å². The van der Waals surface area contributed by atoms with Gasteiger partial charge in [0.25, 0.3) is 0 Å². The van der Waals surface area contributed by atoms with Crippen LogP contribution in [-0.4, -0.2) is 126 Å². The molecule has 1 spiro atoms. The van der Waals surface area contributed by atoms with Crippen LogP contribution in [0.4, 0.5) is 0 Å². The van der Waals surface area contributed by atoms with E-state index in [4.69, 9.17) is 52.1 Å². The van der Waals surface area contributed by atoms with Gasteiger partial charge in [-0.25, -0.2) is 4.79 Å². The van der Waals surface area contributed by atoms with Crippen LogP contribution in [0, 0.1) is 11.8 Å². The van der Waals surface area contributed by atoms with Crippen molar-refractivity contribution >= 4 is 59.4 Å². The molecule has 2 aromatic carbocycles. The number of benzene rings is 2. The van der Waals surface area contributed by atoms with E-state index in [0.29, 0.717) is 18.4 Å². The van der Waals surface area contributed by atoms with Crippen LogP contribution in [0.15, 0.2) is 76.9 Å². The van der Waals surface area contributed by atoms with Crippen molar-refractivity contribution in [2.45, 2.75) is 183 Å². The Hall–Kier alpha value is -7.91. The number of allylic oxidation sites excluding steroid dienone is 5. The van der Waals surface area contributed by atoms with Crippen LogP contribution in [0.2, 0.25) is 0 Å². The van der Waals surface area contributed by atoms with Crippen molar-refractivity contribution < 1.29 is 95.3 Å². The summed E-state index contributed by atoms with van der Waals surface area (Å²) in [5.74, 6) is -7.55. The summed E-state index contributed by atoms with van der Waals surface area (Å²) in [6.07, 6.45) is 4.67. The van der Waals surface area contributed by atoms with Crippen molar-refractivity contribution in [1.82, 2.24) is 5.32 Å². The van der Waals surface area contributed by atoms with Gasteiger partial charge in [0.05, 0.1) is 23.3 Å². The molecule has 21 heteroatoms. The molecule has 2 fully saturated rings. The average molecular weight is 1180 g/mol. The van der Waals surface area contributed by atoms with E-state index in [-0.39, 0.29) is 82.6 Å². The van der Waals surface area contributed by atoms with Crippen LogP contribution in [-0.2, 0) is 73.1 Å². The zero-order valence-electron chi connectivity index (χ0n) is 50.9. The van der Waals surface area contributed by atoms with Crippen LogP contribution < -0.4 is 24.3 Å². The SMILES string of the molecule is CC(=O)OCCNC(=O)/C(C)=C\CC12OC(C)(C)C(C)C13Oc1c(CC=C(C)C)c4c(c(OC(=O)c5ccc(O[C@@H]6O[C@H](COC(C)=O)[C@@H](OC(C)=O)[C@H](OC(C)=O)[C@H]6OC(C)=O)cc5)c1C(=O)C3=CC(C)C2=O)C=CC(C)(CCC=C(C)C)O4. The highest BCUT2D eigenvalue weighted by Crippen LogP contribution is 2.64. The number of carbonyl (C=O) groups excluding carboxylic acids is 9. The minimum absolute atomic E-state index is 0.0144. The Labute approximate surface area is 494 Å². The van der Waals surface area contributed by atoms with E-state index in [1.165, 1.54) is 31.2 Å². The molecule has 0 aromatic heterocycles. The molecule has 85 heavy (non-hydrogen) atoms. The number of nitrogens with one attached hydrogen (secondary N) is 1. The zero-order valence-corrected chi connectivity index (χ0v) is 50.9. The van der Waals surface area contributed by atoms with Gasteiger partial charge in [0.15, 0.2) is 40.7 Å². The smallest absolute Gasteiger partial charge is 0.343 e. The number of esters is 6. The maximum absolute atomic E-state index is 16.2. The third kappa shape index (κ3) is 13.6. The number of rotatable bonds is 20. The monoisotopic (exact) mass is 1180 g/mol. The molecular weight excluding hydrogens is 1100 g/mol. The molecule has 0 saturated carbocycles. The fraction of sp³-hybridized carbons (Fsp3) is 0.516. The van der Waals surface area contributed by atoms with Crippen molar-refractivity contribution in [3.63, 3.8) is 0 Å². The number of amides is 1. The molecule has 4 heterocycles. The molecular formula is C64H77NO20. The highest BCUT2D eigenvalue weighted by atomic mass is 16.7. The standard InChI is InChI=1S/C64H77NO20/c1-33(2)17-16-26-62(15)27-25-46-51(83-62)45(23-18-34(3)4)53-49(50(71)47-31-36(6)57(72)63(64(47,84-53)37(7)61(13,14)85-63)28-24-35(5)58(73)65-29-30-75-38(8)66)52(46)82-59(74)43-19-21-44(22-20-43)80-60-56(79-42(12)70)55(78-41(11)69)54(77-40(10)68)48(81-60)32-76-39(9)67/h17-22,24-25,27,31,36-37,48,54-56,60H,16,23,26,28-30,32H2,1-15H3,(H,65,73)/b35-24-/t36?,37?,48-,54-,55+,56-,60-,62?,63?,64?/m1/s1. The summed E-state index contributed by atoms with van der Waals surface area (Å²) in [5.41, 5.74) is -2.80. The van der Waals surface area contributed by atoms with Gasteiger partial charge in [0.2, 0.25) is 18.3 Å².